The van der Waals surface area contributed by atoms with Crippen molar-refractivity contribution in [3.05, 3.63) is 59.4 Å². The molecule has 0 fully saturated rings. The summed E-state index contributed by atoms with van der Waals surface area (Å²) in [6, 6.07) is 11.5. The molecule has 0 unspecified atom stereocenters. The first-order valence-electron chi connectivity index (χ1n) is 6.69. The van der Waals surface area contributed by atoms with Crippen LogP contribution in [0.4, 0.5) is 0 Å². The van der Waals surface area contributed by atoms with Gasteiger partial charge in [-0.25, -0.2) is 4.79 Å². The van der Waals surface area contributed by atoms with Gasteiger partial charge in [0.15, 0.2) is 0 Å². The molecule has 0 N–H and O–H groups in total. The Labute approximate surface area is 123 Å². The van der Waals surface area contributed by atoms with E-state index in [1.165, 1.54) is 6.08 Å². The molecular formula is C17H16N2O2. The number of benzene rings is 1. The Morgan fingerprint density at radius 3 is 2.90 bits per heavy atom. The molecule has 0 saturated heterocycles. The molecule has 4 nitrogen and oxygen atoms in total. The van der Waals surface area contributed by atoms with Gasteiger partial charge in [0, 0.05) is 23.7 Å². The fourth-order valence-corrected chi connectivity index (χ4v) is 2.09. The van der Waals surface area contributed by atoms with E-state index in [1.54, 1.807) is 19.1 Å². The molecule has 4 heteroatoms. The number of rotatable bonds is 4. The van der Waals surface area contributed by atoms with Crippen molar-refractivity contribution in [2.75, 3.05) is 6.61 Å². The summed E-state index contributed by atoms with van der Waals surface area (Å²) in [6.07, 6.45) is 5.04. The van der Waals surface area contributed by atoms with E-state index >= 15 is 0 Å². The summed E-state index contributed by atoms with van der Waals surface area (Å²) in [5.41, 5.74) is 3.47. The van der Waals surface area contributed by atoms with Gasteiger partial charge in [0.25, 0.3) is 0 Å². The first kappa shape index (κ1) is 14.6. The molecule has 0 spiro atoms. The van der Waals surface area contributed by atoms with Gasteiger partial charge in [0.2, 0.25) is 0 Å². The van der Waals surface area contributed by atoms with Gasteiger partial charge in [0.05, 0.1) is 18.2 Å². The highest BCUT2D eigenvalue weighted by atomic mass is 16.5. The molecule has 0 saturated carbocycles. The third-order valence-electron chi connectivity index (χ3n) is 3.04. The highest BCUT2D eigenvalue weighted by molar-refractivity contribution is 5.86. The van der Waals surface area contributed by atoms with Gasteiger partial charge in [-0.2, -0.15) is 5.26 Å². The summed E-state index contributed by atoms with van der Waals surface area (Å²) in [5.74, 6) is -0.359. The van der Waals surface area contributed by atoms with Crippen LogP contribution < -0.4 is 0 Å². The van der Waals surface area contributed by atoms with Gasteiger partial charge in [-0.1, -0.05) is 0 Å². The Bertz CT molecular complexity index is 721. The van der Waals surface area contributed by atoms with Crippen molar-refractivity contribution in [2.24, 2.45) is 0 Å². The number of nitriles is 1. The average Bonchev–Trinajstić information content (AvgIpc) is 2.93. The molecule has 2 aromatic rings. The van der Waals surface area contributed by atoms with Crippen LogP contribution in [0, 0.1) is 18.3 Å². The van der Waals surface area contributed by atoms with E-state index in [0.29, 0.717) is 12.2 Å². The lowest BCUT2D eigenvalue weighted by atomic mass is 10.1. The quantitative estimate of drug-likeness (QED) is 0.638. The Morgan fingerprint density at radius 2 is 2.24 bits per heavy atom. The molecular weight excluding hydrogens is 264 g/mol. The molecule has 0 radical (unpaired) electrons. The van der Waals surface area contributed by atoms with Crippen LogP contribution in [-0.4, -0.2) is 17.1 Å². The maximum atomic E-state index is 11.4. The summed E-state index contributed by atoms with van der Waals surface area (Å²) < 4.78 is 6.83. The Kier molecular flexibility index (Phi) is 4.57. The predicted octanol–water partition coefficient (Wildman–Crippen LogP) is 3.23. The number of carbonyl (C=O) groups is 1. The van der Waals surface area contributed by atoms with Crippen molar-refractivity contribution in [2.45, 2.75) is 13.8 Å². The first-order valence-corrected chi connectivity index (χ1v) is 6.69. The zero-order chi connectivity index (χ0) is 15.2. The van der Waals surface area contributed by atoms with E-state index in [-0.39, 0.29) is 5.97 Å². The standard InChI is InChI=1S/C17H16N2O2/c1-3-21-17(20)9-7-15-5-4-10-19(15)16-8-6-14(12-18)11-13(16)2/h4-11H,3H2,1-2H3/b9-7+. The van der Waals surface area contributed by atoms with E-state index < -0.39 is 0 Å². The third kappa shape index (κ3) is 3.40. The van der Waals surface area contributed by atoms with Crippen LogP contribution in [0.5, 0.6) is 0 Å². The minimum absolute atomic E-state index is 0.359. The number of ether oxygens (including phenoxy) is 1. The second-order valence-electron chi connectivity index (χ2n) is 4.50. The van der Waals surface area contributed by atoms with Crippen molar-refractivity contribution in [3.63, 3.8) is 0 Å². The van der Waals surface area contributed by atoms with Gasteiger partial charge >= 0.3 is 5.97 Å². The molecule has 0 amide bonds. The summed E-state index contributed by atoms with van der Waals surface area (Å²) in [4.78, 5) is 11.4. The fourth-order valence-electron chi connectivity index (χ4n) is 2.09. The molecule has 2 rings (SSSR count). The van der Waals surface area contributed by atoms with Crippen LogP contribution >= 0.6 is 0 Å². The number of aryl methyl sites for hydroxylation is 1. The number of carbonyl (C=O) groups excluding carboxylic acids is 1. The summed E-state index contributed by atoms with van der Waals surface area (Å²) in [7, 11) is 0. The number of nitrogens with zero attached hydrogens (tertiary/aromatic N) is 2. The first-order chi connectivity index (χ1) is 10.2. The zero-order valence-corrected chi connectivity index (χ0v) is 12.0. The minimum atomic E-state index is -0.359. The van der Waals surface area contributed by atoms with Gasteiger partial charge in [0.1, 0.15) is 0 Å². The molecule has 1 heterocycles. The van der Waals surface area contributed by atoms with Crippen LogP contribution in [-0.2, 0) is 9.53 Å². The number of esters is 1. The summed E-state index contributed by atoms with van der Waals surface area (Å²) >= 11 is 0. The van der Waals surface area contributed by atoms with Gasteiger partial charge < -0.3 is 9.30 Å². The second-order valence-corrected chi connectivity index (χ2v) is 4.50. The van der Waals surface area contributed by atoms with E-state index in [2.05, 4.69) is 6.07 Å². The molecule has 0 aliphatic heterocycles. The Balaban J connectivity index is 2.33. The molecule has 1 aromatic carbocycles. The minimum Gasteiger partial charge on any atom is -0.463 e. The number of aromatic nitrogens is 1. The van der Waals surface area contributed by atoms with Crippen molar-refractivity contribution in [1.29, 1.82) is 5.26 Å². The molecule has 0 aliphatic rings. The topological polar surface area (TPSA) is 55.0 Å². The highest BCUT2D eigenvalue weighted by Gasteiger charge is 2.05. The van der Waals surface area contributed by atoms with Crippen LogP contribution in [0.1, 0.15) is 23.7 Å². The molecule has 0 aliphatic carbocycles. The normalized spacial score (nSPS) is 10.5. The summed E-state index contributed by atoms with van der Waals surface area (Å²) in [5, 5.41) is 8.91. The second kappa shape index (κ2) is 6.58. The lowest BCUT2D eigenvalue weighted by molar-refractivity contribution is -0.137. The van der Waals surface area contributed by atoms with Gasteiger partial charge in [-0.3, -0.25) is 0 Å². The van der Waals surface area contributed by atoms with E-state index in [4.69, 9.17) is 10.00 Å². The molecule has 1 aromatic heterocycles. The van der Waals surface area contributed by atoms with E-state index in [9.17, 15) is 4.79 Å². The van der Waals surface area contributed by atoms with Crippen molar-refractivity contribution < 1.29 is 9.53 Å². The molecule has 0 bridgehead atoms. The average molecular weight is 280 g/mol. The Morgan fingerprint density at radius 1 is 1.43 bits per heavy atom. The lowest BCUT2D eigenvalue weighted by Crippen LogP contribution is -2.01. The molecule has 106 valence electrons. The smallest absolute Gasteiger partial charge is 0.330 e. The molecule has 0 atom stereocenters. The predicted molar refractivity (Wildman–Crippen MR) is 80.9 cm³/mol. The highest BCUT2D eigenvalue weighted by Crippen LogP contribution is 2.19. The van der Waals surface area contributed by atoms with Crippen LogP contribution in [0.3, 0.4) is 0 Å². The van der Waals surface area contributed by atoms with Crippen LogP contribution in [0.25, 0.3) is 11.8 Å². The maximum absolute atomic E-state index is 11.4. The van der Waals surface area contributed by atoms with E-state index in [0.717, 1.165) is 16.9 Å². The van der Waals surface area contributed by atoms with Crippen molar-refractivity contribution in [1.82, 2.24) is 4.57 Å². The van der Waals surface area contributed by atoms with E-state index in [1.807, 2.05) is 42.0 Å². The van der Waals surface area contributed by atoms with Crippen molar-refractivity contribution in [3.8, 4) is 11.8 Å². The maximum Gasteiger partial charge on any atom is 0.330 e. The van der Waals surface area contributed by atoms with Gasteiger partial charge in [-0.15, -0.1) is 0 Å². The number of hydrogen-bond donors (Lipinski definition) is 0. The molecule has 21 heavy (non-hydrogen) atoms. The fraction of sp³-hybridized carbons (Fsp3) is 0.176. The zero-order valence-electron chi connectivity index (χ0n) is 12.0. The van der Waals surface area contributed by atoms with Crippen LogP contribution in [0.15, 0.2) is 42.6 Å². The summed E-state index contributed by atoms with van der Waals surface area (Å²) in [6.45, 7) is 4.09. The van der Waals surface area contributed by atoms with Crippen molar-refractivity contribution >= 4 is 12.0 Å². The van der Waals surface area contributed by atoms with Gasteiger partial charge in [-0.05, 0) is 55.8 Å². The monoisotopic (exact) mass is 280 g/mol. The SMILES string of the molecule is CCOC(=O)/C=C/c1cccn1-c1ccc(C#N)cc1C. The largest absolute Gasteiger partial charge is 0.463 e. The van der Waals surface area contributed by atoms with Crippen LogP contribution in [0.2, 0.25) is 0 Å². The lowest BCUT2D eigenvalue weighted by Gasteiger charge is -2.10. The third-order valence-corrected chi connectivity index (χ3v) is 3.04. The number of hydrogen-bond acceptors (Lipinski definition) is 3. The Hall–Kier alpha value is -2.80.